The van der Waals surface area contributed by atoms with Crippen LogP contribution < -0.4 is 0 Å². The molecule has 0 heterocycles. The Labute approximate surface area is 151 Å². The molecule has 0 atom stereocenters. The summed E-state index contributed by atoms with van der Waals surface area (Å²) in [5.74, 6) is 1.97. The van der Waals surface area contributed by atoms with Crippen molar-refractivity contribution in [1.29, 1.82) is 0 Å². The number of benzene rings is 2. The van der Waals surface area contributed by atoms with E-state index in [4.69, 9.17) is 0 Å². The molecule has 0 saturated carbocycles. The molecule has 24 heavy (non-hydrogen) atoms. The van der Waals surface area contributed by atoms with Crippen LogP contribution in [0.1, 0.15) is 31.4 Å². The van der Waals surface area contributed by atoms with E-state index in [-0.39, 0.29) is 0 Å². The average Bonchev–Trinajstić information content (AvgIpc) is 2.57. The lowest BCUT2D eigenvalue weighted by molar-refractivity contribution is 0.457. The molecule has 128 valence electrons. The highest BCUT2D eigenvalue weighted by molar-refractivity contribution is 7.99. The van der Waals surface area contributed by atoms with E-state index in [9.17, 15) is 0 Å². The van der Waals surface area contributed by atoms with Crippen LogP contribution in [0, 0.1) is 5.92 Å². The molecule has 0 unspecified atom stereocenters. The third-order valence-electron chi connectivity index (χ3n) is 3.87. The van der Waals surface area contributed by atoms with Gasteiger partial charge in [-0.25, -0.2) is 0 Å². The van der Waals surface area contributed by atoms with E-state index in [1.807, 2.05) is 11.8 Å². The van der Waals surface area contributed by atoms with Gasteiger partial charge in [-0.2, -0.15) is 0 Å². The Kier molecular flexibility index (Phi) is 7.61. The zero-order valence-corrected chi connectivity index (χ0v) is 16.1. The average molecular weight is 340 g/mol. The molecule has 0 aliphatic heterocycles. The summed E-state index contributed by atoms with van der Waals surface area (Å²) < 4.78 is 0. The Morgan fingerprint density at radius 1 is 0.958 bits per heavy atom. The lowest BCUT2D eigenvalue weighted by atomic mass is 9.97. The summed E-state index contributed by atoms with van der Waals surface area (Å²) in [7, 11) is 4.21. The number of nitrogens with zero attached hydrogens (tertiary/aromatic N) is 1. The van der Waals surface area contributed by atoms with Gasteiger partial charge in [-0.15, -0.1) is 11.8 Å². The maximum atomic E-state index is 2.32. The van der Waals surface area contributed by atoms with E-state index in [1.54, 1.807) is 0 Å². The van der Waals surface area contributed by atoms with Crippen molar-refractivity contribution < 1.29 is 0 Å². The Balaban J connectivity index is 2.16. The standard InChI is InChI=1S/C22H29NS/c1-18(2)15-17-24-21-12-10-20(11-13-21)22(14-16-23(3)4)19-8-6-5-7-9-19/h5-14,18H,15-17H2,1-4H3. The Morgan fingerprint density at radius 2 is 1.58 bits per heavy atom. The molecular formula is C22H29NS. The zero-order chi connectivity index (χ0) is 17.4. The van der Waals surface area contributed by atoms with Gasteiger partial charge in [0.15, 0.2) is 0 Å². The van der Waals surface area contributed by atoms with Gasteiger partial charge < -0.3 is 4.90 Å². The molecule has 2 rings (SSSR count). The van der Waals surface area contributed by atoms with Crippen LogP contribution in [0.3, 0.4) is 0 Å². The van der Waals surface area contributed by atoms with E-state index < -0.39 is 0 Å². The molecule has 2 aromatic carbocycles. The lowest BCUT2D eigenvalue weighted by Gasteiger charge is -2.12. The molecule has 0 radical (unpaired) electrons. The van der Waals surface area contributed by atoms with Gasteiger partial charge in [0.25, 0.3) is 0 Å². The Bertz CT molecular complexity index is 627. The lowest BCUT2D eigenvalue weighted by Crippen LogP contribution is -2.11. The van der Waals surface area contributed by atoms with Gasteiger partial charge >= 0.3 is 0 Å². The normalized spacial score (nSPS) is 12.2. The maximum Gasteiger partial charge on any atom is 0.0166 e. The summed E-state index contributed by atoms with van der Waals surface area (Å²) in [4.78, 5) is 3.55. The SMILES string of the molecule is CC(C)CCSc1ccc(C(=CCN(C)C)c2ccccc2)cc1. The minimum Gasteiger partial charge on any atom is -0.306 e. The molecular weight excluding hydrogens is 310 g/mol. The van der Waals surface area contributed by atoms with Gasteiger partial charge in [-0.05, 0) is 61.0 Å². The van der Waals surface area contributed by atoms with Gasteiger partial charge in [0.2, 0.25) is 0 Å². The van der Waals surface area contributed by atoms with Crippen molar-refractivity contribution in [3.63, 3.8) is 0 Å². The molecule has 2 heteroatoms. The van der Waals surface area contributed by atoms with E-state index in [1.165, 1.54) is 33.8 Å². The van der Waals surface area contributed by atoms with Crippen molar-refractivity contribution in [2.24, 2.45) is 5.92 Å². The first-order valence-corrected chi connectivity index (χ1v) is 9.68. The largest absolute Gasteiger partial charge is 0.306 e. The summed E-state index contributed by atoms with van der Waals surface area (Å²) in [6.45, 7) is 5.51. The number of likely N-dealkylation sites (N-methyl/N-ethyl adjacent to an activating group) is 1. The highest BCUT2D eigenvalue weighted by Gasteiger charge is 2.05. The highest BCUT2D eigenvalue weighted by atomic mass is 32.2. The van der Waals surface area contributed by atoms with Crippen molar-refractivity contribution in [3.05, 3.63) is 71.8 Å². The number of rotatable bonds is 8. The van der Waals surface area contributed by atoms with Crippen molar-refractivity contribution in [2.75, 3.05) is 26.4 Å². The van der Waals surface area contributed by atoms with E-state index in [0.29, 0.717) is 0 Å². The summed E-state index contributed by atoms with van der Waals surface area (Å²) in [5, 5.41) is 0. The third-order valence-corrected chi connectivity index (χ3v) is 4.92. The summed E-state index contributed by atoms with van der Waals surface area (Å²) in [6, 6.07) is 19.7. The van der Waals surface area contributed by atoms with Gasteiger partial charge in [0.05, 0.1) is 0 Å². The van der Waals surface area contributed by atoms with Crippen LogP contribution >= 0.6 is 11.8 Å². The van der Waals surface area contributed by atoms with E-state index in [2.05, 4.69) is 93.5 Å². The minimum absolute atomic E-state index is 0.774. The van der Waals surface area contributed by atoms with Crippen LogP contribution in [-0.2, 0) is 0 Å². The fourth-order valence-electron chi connectivity index (χ4n) is 2.44. The molecule has 0 fully saturated rings. The van der Waals surface area contributed by atoms with Crippen molar-refractivity contribution >= 4 is 17.3 Å². The second-order valence-electron chi connectivity index (χ2n) is 6.80. The second-order valence-corrected chi connectivity index (χ2v) is 7.97. The van der Waals surface area contributed by atoms with Crippen LogP contribution in [0.2, 0.25) is 0 Å². The van der Waals surface area contributed by atoms with Gasteiger partial charge in [0.1, 0.15) is 0 Å². The first kappa shape index (κ1) is 18.8. The Hall–Kier alpha value is -1.51. The van der Waals surface area contributed by atoms with Crippen LogP contribution in [0.5, 0.6) is 0 Å². The van der Waals surface area contributed by atoms with Crippen molar-refractivity contribution in [3.8, 4) is 0 Å². The Morgan fingerprint density at radius 3 is 2.17 bits per heavy atom. The molecule has 0 aliphatic rings. The zero-order valence-electron chi connectivity index (χ0n) is 15.3. The van der Waals surface area contributed by atoms with Crippen LogP contribution in [0.15, 0.2) is 65.6 Å². The summed E-state index contributed by atoms with van der Waals surface area (Å²) in [5.41, 5.74) is 3.87. The number of hydrogen-bond acceptors (Lipinski definition) is 2. The van der Waals surface area contributed by atoms with Crippen molar-refractivity contribution in [1.82, 2.24) is 4.90 Å². The van der Waals surface area contributed by atoms with E-state index >= 15 is 0 Å². The predicted octanol–water partition coefficient (Wildman–Crippen LogP) is 5.82. The fourth-order valence-corrected chi connectivity index (χ4v) is 3.59. The first-order valence-electron chi connectivity index (χ1n) is 8.70. The second kappa shape index (κ2) is 9.71. The molecule has 0 N–H and O–H groups in total. The molecule has 2 aromatic rings. The summed E-state index contributed by atoms with van der Waals surface area (Å²) in [6.07, 6.45) is 3.58. The minimum atomic E-state index is 0.774. The van der Waals surface area contributed by atoms with E-state index in [0.717, 1.165) is 12.5 Å². The van der Waals surface area contributed by atoms with Crippen LogP contribution in [0.25, 0.3) is 5.57 Å². The smallest absolute Gasteiger partial charge is 0.0166 e. The molecule has 0 aliphatic carbocycles. The fraction of sp³-hybridized carbons (Fsp3) is 0.364. The quantitative estimate of drug-likeness (QED) is 0.558. The number of hydrogen-bond donors (Lipinski definition) is 0. The topological polar surface area (TPSA) is 3.24 Å². The maximum absolute atomic E-state index is 2.32. The third kappa shape index (κ3) is 6.18. The molecule has 0 spiro atoms. The van der Waals surface area contributed by atoms with Gasteiger partial charge in [-0.1, -0.05) is 62.4 Å². The molecule has 0 amide bonds. The highest BCUT2D eigenvalue weighted by Crippen LogP contribution is 2.27. The predicted molar refractivity (Wildman–Crippen MR) is 109 cm³/mol. The summed E-state index contributed by atoms with van der Waals surface area (Å²) >= 11 is 1.96. The van der Waals surface area contributed by atoms with Gasteiger partial charge in [-0.3, -0.25) is 0 Å². The van der Waals surface area contributed by atoms with Crippen molar-refractivity contribution in [2.45, 2.75) is 25.2 Å². The molecule has 0 aromatic heterocycles. The number of thioether (sulfide) groups is 1. The first-order chi connectivity index (χ1) is 11.6. The monoisotopic (exact) mass is 339 g/mol. The molecule has 1 nitrogen and oxygen atoms in total. The molecule has 0 saturated heterocycles. The van der Waals surface area contributed by atoms with Crippen LogP contribution in [0.4, 0.5) is 0 Å². The van der Waals surface area contributed by atoms with Crippen LogP contribution in [-0.4, -0.2) is 31.3 Å². The van der Waals surface area contributed by atoms with Gasteiger partial charge in [0, 0.05) is 11.4 Å². The molecule has 0 bridgehead atoms.